The van der Waals surface area contributed by atoms with Crippen LogP contribution in [0.2, 0.25) is 0 Å². The normalized spacial score (nSPS) is 19.1. The number of carbonyl (C=O) groups excluding carboxylic acids is 2. The molecule has 1 saturated heterocycles. The molecule has 0 bridgehead atoms. The van der Waals surface area contributed by atoms with E-state index in [2.05, 4.69) is 5.32 Å². The van der Waals surface area contributed by atoms with Crippen molar-refractivity contribution in [1.29, 1.82) is 0 Å². The molecular weight excluding hydrogens is 419 g/mol. The van der Waals surface area contributed by atoms with Crippen LogP contribution in [0.3, 0.4) is 0 Å². The van der Waals surface area contributed by atoms with E-state index in [4.69, 9.17) is 0 Å². The Bertz CT molecular complexity index is 1180. The van der Waals surface area contributed by atoms with E-state index in [0.717, 1.165) is 27.8 Å². The second kappa shape index (κ2) is 7.94. The molecule has 8 heteroatoms. The summed E-state index contributed by atoms with van der Waals surface area (Å²) in [6, 6.07) is 17.7. The predicted octanol–water partition coefficient (Wildman–Crippen LogP) is 4.72. The van der Waals surface area contributed by atoms with E-state index in [9.17, 15) is 22.8 Å². The van der Waals surface area contributed by atoms with Crippen molar-refractivity contribution < 1.29 is 22.8 Å². The number of benzene rings is 3. The number of nitrogens with zero attached hydrogens (tertiary/aromatic N) is 2. The van der Waals surface area contributed by atoms with Gasteiger partial charge in [0.05, 0.1) is 12.2 Å². The van der Waals surface area contributed by atoms with Gasteiger partial charge in [-0.1, -0.05) is 48.5 Å². The standard InChI is InChI=1S/C24H22F3N3O2/c1-23(20-12-9-17-5-3-4-6-18(17)13-20)21(31)30(22(32)28-23)15-29(2)14-16-7-10-19(11-8-16)24(25,26)27/h3-13H,14-15H2,1-2H3,(H,28,32)/t23-/m1/s1. The number of amides is 3. The van der Waals surface area contributed by atoms with E-state index in [1.807, 2.05) is 42.5 Å². The summed E-state index contributed by atoms with van der Waals surface area (Å²) in [5, 5.41) is 4.79. The molecule has 1 N–H and O–H groups in total. The zero-order chi connectivity index (χ0) is 23.1. The third kappa shape index (κ3) is 4.05. The van der Waals surface area contributed by atoms with Crippen LogP contribution in [-0.2, 0) is 23.1 Å². The first-order valence-corrected chi connectivity index (χ1v) is 10.1. The molecule has 166 valence electrons. The fourth-order valence-electron chi connectivity index (χ4n) is 3.92. The lowest BCUT2D eigenvalue weighted by molar-refractivity contribution is -0.137. The van der Waals surface area contributed by atoms with Gasteiger partial charge in [0.2, 0.25) is 0 Å². The summed E-state index contributed by atoms with van der Waals surface area (Å²) in [5.41, 5.74) is -0.590. The second-order valence-corrected chi connectivity index (χ2v) is 8.20. The Morgan fingerprint density at radius 2 is 1.62 bits per heavy atom. The monoisotopic (exact) mass is 441 g/mol. The van der Waals surface area contributed by atoms with Gasteiger partial charge < -0.3 is 5.32 Å². The smallest absolute Gasteiger partial charge is 0.319 e. The molecule has 0 aliphatic carbocycles. The molecule has 1 aliphatic heterocycles. The Morgan fingerprint density at radius 1 is 0.969 bits per heavy atom. The molecular formula is C24H22F3N3O2. The van der Waals surface area contributed by atoms with Crippen LogP contribution in [0.4, 0.5) is 18.0 Å². The lowest BCUT2D eigenvalue weighted by atomic mass is 9.90. The number of halogens is 3. The first kappa shape index (κ1) is 21.8. The fraction of sp³-hybridized carbons (Fsp3) is 0.250. The van der Waals surface area contributed by atoms with Crippen LogP contribution in [0.25, 0.3) is 10.8 Å². The number of hydrogen-bond donors (Lipinski definition) is 1. The molecule has 0 spiro atoms. The summed E-state index contributed by atoms with van der Waals surface area (Å²) in [6.45, 7) is 1.96. The van der Waals surface area contributed by atoms with Gasteiger partial charge in [0, 0.05) is 6.54 Å². The van der Waals surface area contributed by atoms with Gasteiger partial charge >= 0.3 is 12.2 Å². The van der Waals surface area contributed by atoms with Gasteiger partial charge in [0.25, 0.3) is 5.91 Å². The topological polar surface area (TPSA) is 52.6 Å². The molecule has 32 heavy (non-hydrogen) atoms. The highest BCUT2D eigenvalue weighted by molar-refractivity contribution is 6.07. The minimum absolute atomic E-state index is 0.00879. The van der Waals surface area contributed by atoms with E-state index in [1.54, 1.807) is 18.9 Å². The Hall–Kier alpha value is -3.39. The predicted molar refractivity (Wildman–Crippen MR) is 114 cm³/mol. The SMILES string of the molecule is CN(Cc1ccc(C(F)(F)F)cc1)CN1C(=O)N[C@](C)(c2ccc3ccccc3c2)C1=O. The summed E-state index contributed by atoms with van der Waals surface area (Å²) < 4.78 is 38.2. The Kier molecular flexibility index (Phi) is 5.42. The van der Waals surface area contributed by atoms with Gasteiger partial charge in [0.15, 0.2) is 0 Å². The van der Waals surface area contributed by atoms with Gasteiger partial charge in [-0.2, -0.15) is 13.2 Å². The molecule has 0 radical (unpaired) electrons. The Labute approximate surface area is 183 Å². The third-order valence-electron chi connectivity index (χ3n) is 5.72. The van der Waals surface area contributed by atoms with E-state index in [1.165, 1.54) is 12.1 Å². The van der Waals surface area contributed by atoms with E-state index in [0.29, 0.717) is 11.1 Å². The fourth-order valence-corrected chi connectivity index (χ4v) is 3.92. The number of hydrogen-bond acceptors (Lipinski definition) is 3. The minimum Gasteiger partial charge on any atom is -0.319 e. The molecule has 1 heterocycles. The van der Waals surface area contributed by atoms with Crippen LogP contribution in [0.15, 0.2) is 66.7 Å². The largest absolute Gasteiger partial charge is 0.416 e. The lowest BCUT2D eigenvalue weighted by Gasteiger charge is -2.25. The van der Waals surface area contributed by atoms with Crippen LogP contribution >= 0.6 is 0 Å². The van der Waals surface area contributed by atoms with Crippen molar-refractivity contribution in [2.75, 3.05) is 13.7 Å². The summed E-state index contributed by atoms with van der Waals surface area (Å²) in [7, 11) is 1.70. The number of urea groups is 1. The maximum Gasteiger partial charge on any atom is 0.416 e. The number of fused-ring (bicyclic) bond motifs is 1. The van der Waals surface area contributed by atoms with Crippen LogP contribution in [0.5, 0.6) is 0 Å². The molecule has 4 rings (SSSR count). The molecule has 1 aliphatic rings. The summed E-state index contributed by atoms with van der Waals surface area (Å²) in [5.74, 6) is -0.378. The number of alkyl halides is 3. The Morgan fingerprint density at radius 3 is 2.28 bits per heavy atom. The quantitative estimate of drug-likeness (QED) is 0.584. The number of rotatable bonds is 5. The number of carbonyl (C=O) groups is 2. The highest BCUT2D eigenvalue weighted by Crippen LogP contribution is 2.32. The zero-order valence-corrected chi connectivity index (χ0v) is 17.6. The van der Waals surface area contributed by atoms with Crippen LogP contribution < -0.4 is 5.32 Å². The van der Waals surface area contributed by atoms with E-state index < -0.39 is 23.3 Å². The molecule has 3 aromatic carbocycles. The van der Waals surface area contributed by atoms with Crippen molar-refractivity contribution in [3.8, 4) is 0 Å². The molecule has 5 nitrogen and oxygen atoms in total. The van der Waals surface area contributed by atoms with Crippen molar-refractivity contribution in [1.82, 2.24) is 15.1 Å². The minimum atomic E-state index is -4.39. The van der Waals surface area contributed by atoms with Gasteiger partial charge in [0.1, 0.15) is 5.54 Å². The molecule has 0 saturated carbocycles. The molecule has 1 atom stereocenters. The molecule has 3 aromatic rings. The lowest BCUT2D eigenvalue weighted by Crippen LogP contribution is -2.42. The molecule has 3 amide bonds. The maximum absolute atomic E-state index is 13.2. The van der Waals surface area contributed by atoms with Crippen LogP contribution in [0.1, 0.15) is 23.6 Å². The van der Waals surface area contributed by atoms with Crippen LogP contribution in [0, 0.1) is 0 Å². The zero-order valence-electron chi connectivity index (χ0n) is 17.6. The van der Waals surface area contributed by atoms with Crippen molar-refractivity contribution in [2.24, 2.45) is 0 Å². The number of nitrogens with one attached hydrogen (secondary N) is 1. The number of imide groups is 1. The maximum atomic E-state index is 13.2. The van der Waals surface area contributed by atoms with Gasteiger partial charge in [-0.15, -0.1) is 0 Å². The van der Waals surface area contributed by atoms with Crippen LogP contribution in [-0.4, -0.2) is 35.5 Å². The Balaban J connectivity index is 1.48. The van der Waals surface area contributed by atoms with Crippen molar-refractivity contribution in [2.45, 2.75) is 25.2 Å². The average Bonchev–Trinajstić information content (AvgIpc) is 2.97. The highest BCUT2D eigenvalue weighted by atomic mass is 19.4. The summed E-state index contributed by atoms with van der Waals surface area (Å²) >= 11 is 0. The van der Waals surface area contributed by atoms with Crippen molar-refractivity contribution >= 4 is 22.7 Å². The molecule has 0 unspecified atom stereocenters. The van der Waals surface area contributed by atoms with E-state index >= 15 is 0 Å². The third-order valence-corrected chi connectivity index (χ3v) is 5.72. The molecule has 0 aromatic heterocycles. The summed E-state index contributed by atoms with van der Waals surface area (Å²) in [4.78, 5) is 28.7. The van der Waals surface area contributed by atoms with Gasteiger partial charge in [-0.05, 0) is 54.1 Å². The second-order valence-electron chi connectivity index (χ2n) is 8.20. The average molecular weight is 441 g/mol. The highest BCUT2D eigenvalue weighted by Gasteiger charge is 2.49. The van der Waals surface area contributed by atoms with E-state index in [-0.39, 0.29) is 19.1 Å². The van der Waals surface area contributed by atoms with Gasteiger partial charge in [-0.3, -0.25) is 9.69 Å². The van der Waals surface area contributed by atoms with Gasteiger partial charge in [-0.25, -0.2) is 9.69 Å². The van der Waals surface area contributed by atoms with Crippen molar-refractivity contribution in [3.63, 3.8) is 0 Å². The van der Waals surface area contributed by atoms with Crippen molar-refractivity contribution in [3.05, 3.63) is 83.4 Å². The summed E-state index contributed by atoms with van der Waals surface area (Å²) in [6.07, 6.45) is -4.39. The first-order chi connectivity index (χ1) is 15.1. The first-order valence-electron chi connectivity index (χ1n) is 10.1. The molecule has 1 fully saturated rings.